The van der Waals surface area contributed by atoms with Crippen LogP contribution >= 0.6 is 15.9 Å². The first-order valence-electron chi connectivity index (χ1n) is 4.29. The lowest BCUT2D eigenvalue weighted by Crippen LogP contribution is -2.30. The predicted octanol–water partition coefficient (Wildman–Crippen LogP) is 1.23. The number of alkyl halides is 1. The van der Waals surface area contributed by atoms with Crippen molar-refractivity contribution >= 4 is 15.9 Å². The van der Waals surface area contributed by atoms with Crippen LogP contribution in [0, 0.1) is 0 Å². The molecule has 0 saturated heterocycles. The van der Waals surface area contributed by atoms with Gasteiger partial charge in [-0.15, -0.1) is 0 Å². The molecule has 0 aliphatic heterocycles. The molecule has 11 heavy (non-hydrogen) atoms. The summed E-state index contributed by atoms with van der Waals surface area (Å²) in [5.41, 5.74) is 0. The van der Waals surface area contributed by atoms with Gasteiger partial charge in [0.2, 0.25) is 0 Å². The minimum absolute atomic E-state index is 0.304. The van der Waals surface area contributed by atoms with Crippen molar-refractivity contribution in [3.05, 3.63) is 0 Å². The molecule has 66 valence electrons. The molecule has 1 saturated carbocycles. The summed E-state index contributed by atoms with van der Waals surface area (Å²) >= 11 is 3.41. The molecule has 0 atom stereocenters. The summed E-state index contributed by atoms with van der Waals surface area (Å²) in [6.45, 7) is 2.30. The second kappa shape index (κ2) is 5.12. The number of halogens is 1. The summed E-state index contributed by atoms with van der Waals surface area (Å²) in [4.78, 5) is 2.39. The van der Waals surface area contributed by atoms with Crippen LogP contribution in [0.1, 0.15) is 19.3 Å². The first-order chi connectivity index (χ1) is 5.38. The molecular formula is C8H16BrNO. The fraction of sp³-hybridized carbons (Fsp3) is 1.00. The van der Waals surface area contributed by atoms with Gasteiger partial charge in [-0.25, -0.2) is 0 Å². The maximum Gasteiger partial charge on any atom is 0.0558 e. The average molecular weight is 222 g/mol. The highest BCUT2D eigenvalue weighted by Crippen LogP contribution is 2.26. The van der Waals surface area contributed by atoms with Crippen molar-refractivity contribution in [3.8, 4) is 0 Å². The fourth-order valence-electron chi connectivity index (χ4n) is 1.31. The first-order valence-corrected chi connectivity index (χ1v) is 5.41. The lowest BCUT2D eigenvalue weighted by Gasteiger charge is -2.19. The Kier molecular flexibility index (Phi) is 4.41. The normalized spacial score (nSPS) is 17.7. The molecule has 2 nitrogen and oxygen atoms in total. The van der Waals surface area contributed by atoms with Gasteiger partial charge in [0.15, 0.2) is 0 Å². The summed E-state index contributed by atoms with van der Waals surface area (Å²) in [5, 5.41) is 9.83. The summed E-state index contributed by atoms with van der Waals surface area (Å²) in [6.07, 6.45) is 3.86. The zero-order valence-electron chi connectivity index (χ0n) is 6.80. The van der Waals surface area contributed by atoms with Gasteiger partial charge in [-0.1, -0.05) is 15.9 Å². The van der Waals surface area contributed by atoms with E-state index in [2.05, 4.69) is 20.8 Å². The molecule has 1 fully saturated rings. The number of aliphatic hydroxyl groups is 1. The second-order valence-electron chi connectivity index (χ2n) is 3.03. The van der Waals surface area contributed by atoms with Gasteiger partial charge in [-0.05, 0) is 25.8 Å². The Morgan fingerprint density at radius 2 is 2.09 bits per heavy atom. The average Bonchev–Trinajstić information content (AvgIpc) is 2.80. The third-order valence-corrected chi connectivity index (χ3v) is 2.59. The summed E-state index contributed by atoms with van der Waals surface area (Å²) < 4.78 is 0. The number of hydrogen-bond donors (Lipinski definition) is 1. The van der Waals surface area contributed by atoms with Crippen LogP contribution in [0.5, 0.6) is 0 Å². The molecular weight excluding hydrogens is 206 g/mol. The van der Waals surface area contributed by atoms with Crippen LogP contribution in [-0.4, -0.2) is 41.1 Å². The first kappa shape index (κ1) is 9.49. The van der Waals surface area contributed by atoms with Gasteiger partial charge in [0.1, 0.15) is 0 Å². The molecule has 0 bridgehead atoms. The van der Waals surface area contributed by atoms with E-state index in [-0.39, 0.29) is 0 Å². The van der Waals surface area contributed by atoms with E-state index in [0.29, 0.717) is 6.61 Å². The molecule has 0 heterocycles. The van der Waals surface area contributed by atoms with Gasteiger partial charge in [0.05, 0.1) is 6.61 Å². The van der Waals surface area contributed by atoms with Crippen LogP contribution in [0.3, 0.4) is 0 Å². The Bertz CT molecular complexity index is 106. The highest BCUT2D eigenvalue weighted by atomic mass is 79.9. The van der Waals surface area contributed by atoms with Crippen molar-refractivity contribution in [2.45, 2.75) is 25.3 Å². The van der Waals surface area contributed by atoms with Gasteiger partial charge in [-0.3, -0.25) is 4.90 Å². The molecule has 1 aliphatic carbocycles. The maximum absolute atomic E-state index is 8.76. The highest BCUT2D eigenvalue weighted by molar-refractivity contribution is 9.09. The van der Waals surface area contributed by atoms with Crippen molar-refractivity contribution in [2.24, 2.45) is 0 Å². The molecule has 3 heteroatoms. The fourth-order valence-corrected chi connectivity index (χ4v) is 1.56. The predicted molar refractivity (Wildman–Crippen MR) is 50.1 cm³/mol. The van der Waals surface area contributed by atoms with Crippen LogP contribution in [-0.2, 0) is 0 Å². The van der Waals surface area contributed by atoms with Gasteiger partial charge >= 0.3 is 0 Å². The van der Waals surface area contributed by atoms with E-state index >= 15 is 0 Å². The third-order valence-electron chi connectivity index (χ3n) is 2.03. The van der Waals surface area contributed by atoms with Crippen molar-refractivity contribution < 1.29 is 5.11 Å². The molecule has 0 spiro atoms. The lowest BCUT2D eigenvalue weighted by molar-refractivity contribution is 0.190. The standard InChI is InChI=1S/C8H16BrNO/c9-4-1-5-10(6-7-11)8-2-3-8/h8,11H,1-7H2. The molecule has 0 amide bonds. The number of rotatable bonds is 6. The van der Waals surface area contributed by atoms with Gasteiger partial charge in [-0.2, -0.15) is 0 Å². The van der Waals surface area contributed by atoms with Crippen LogP contribution in [0.15, 0.2) is 0 Å². The maximum atomic E-state index is 8.76. The summed E-state index contributed by atoms with van der Waals surface area (Å²) in [5.74, 6) is 0. The Hall–Kier alpha value is 0.400. The molecule has 0 radical (unpaired) electrons. The highest BCUT2D eigenvalue weighted by Gasteiger charge is 2.27. The molecule has 0 aromatic heterocycles. The van der Waals surface area contributed by atoms with Crippen molar-refractivity contribution in [3.63, 3.8) is 0 Å². The van der Waals surface area contributed by atoms with Crippen LogP contribution in [0.4, 0.5) is 0 Å². The Morgan fingerprint density at radius 3 is 2.55 bits per heavy atom. The molecule has 1 aliphatic rings. The number of nitrogens with zero attached hydrogens (tertiary/aromatic N) is 1. The van der Waals surface area contributed by atoms with E-state index in [1.165, 1.54) is 19.3 Å². The van der Waals surface area contributed by atoms with Crippen LogP contribution in [0.25, 0.3) is 0 Å². The molecule has 0 unspecified atom stereocenters. The van der Waals surface area contributed by atoms with E-state index < -0.39 is 0 Å². The van der Waals surface area contributed by atoms with Gasteiger partial charge < -0.3 is 5.11 Å². The van der Waals surface area contributed by atoms with Gasteiger partial charge in [0.25, 0.3) is 0 Å². The number of aliphatic hydroxyl groups excluding tert-OH is 1. The van der Waals surface area contributed by atoms with E-state index in [1.807, 2.05) is 0 Å². The van der Waals surface area contributed by atoms with E-state index in [9.17, 15) is 0 Å². The Balaban J connectivity index is 2.10. The van der Waals surface area contributed by atoms with Crippen molar-refractivity contribution in [1.82, 2.24) is 4.90 Å². The van der Waals surface area contributed by atoms with Crippen LogP contribution < -0.4 is 0 Å². The quantitative estimate of drug-likeness (QED) is 0.683. The molecule has 0 aromatic rings. The minimum Gasteiger partial charge on any atom is -0.395 e. The minimum atomic E-state index is 0.304. The van der Waals surface area contributed by atoms with E-state index in [0.717, 1.165) is 24.5 Å². The molecule has 1 rings (SSSR count). The third kappa shape index (κ3) is 3.54. The monoisotopic (exact) mass is 221 g/mol. The molecule has 0 aromatic carbocycles. The Morgan fingerprint density at radius 1 is 1.36 bits per heavy atom. The van der Waals surface area contributed by atoms with E-state index in [4.69, 9.17) is 5.11 Å². The summed E-state index contributed by atoms with van der Waals surface area (Å²) in [6, 6.07) is 0.793. The SMILES string of the molecule is OCCN(CCCBr)C1CC1. The topological polar surface area (TPSA) is 23.5 Å². The molecule has 1 N–H and O–H groups in total. The number of hydrogen-bond acceptors (Lipinski definition) is 2. The van der Waals surface area contributed by atoms with Crippen LogP contribution in [0.2, 0.25) is 0 Å². The van der Waals surface area contributed by atoms with Crippen molar-refractivity contribution in [1.29, 1.82) is 0 Å². The second-order valence-corrected chi connectivity index (χ2v) is 3.83. The summed E-state index contributed by atoms with van der Waals surface area (Å²) in [7, 11) is 0. The Labute approximate surface area is 76.7 Å². The largest absolute Gasteiger partial charge is 0.395 e. The smallest absolute Gasteiger partial charge is 0.0558 e. The van der Waals surface area contributed by atoms with E-state index in [1.54, 1.807) is 0 Å². The van der Waals surface area contributed by atoms with Crippen molar-refractivity contribution in [2.75, 3.05) is 25.0 Å². The lowest BCUT2D eigenvalue weighted by atomic mass is 10.4. The zero-order valence-corrected chi connectivity index (χ0v) is 8.39. The van der Waals surface area contributed by atoms with Gasteiger partial charge in [0, 0.05) is 17.9 Å². The zero-order chi connectivity index (χ0) is 8.10.